The lowest BCUT2D eigenvalue weighted by molar-refractivity contribution is 0.0559. The van der Waals surface area contributed by atoms with Gasteiger partial charge in [0, 0.05) is 32.8 Å². The molecular weight excluding hydrogens is 230 g/mol. The van der Waals surface area contributed by atoms with Crippen molar-refractivity contribution >= 4 is 0 Å². The van der Waals surface area contributed by atoms with Crippen LogP contribution in [0.15, 0.2) is 0 Å². The summed E-state index contributed by atoms with van der Waals surface area (Å²) in [4.78, 5) is 2.37. The Balaban J connectivity index is 2.27. The van der Waals surface area contributed by atoms with Crippen LogP contribution in [0.5, 0.6) is 0 Å². The lowest BCUT2D eigenvalue weighted by atomic mass is 10.1. The summed E-state index contributed by atoms with van der Waals surface area (Å²) in [5.41, 5.74) is 0. The third-order valence-electron chi connectivity index (χ3n) is 3.62. The molecule has 4 heteroatoms. The highest BCUT2D eigenvalue weighted by molar-refractivity contribution is 4.79. The summed E-state index contributed by atoms with van der Waals surface area (Å²) in [5.74, 6) is 0.438. The lowest BCUT2D eigenvalue weighted by Gasteiger charge is -2.26. The van der Waals surface area contributed by atoms with Gasteiger partial charge in [-0.1, -0.05) is 6.42 Å². The molecule has 2 atom stereocenters. The molecule has 0 heterocycles. The molecule has 2 unspecified atom stereocenters. The highest BCUT2D eigenvalue weighted by Crippen LogP contribution is 2.26. The molecule has 1 aliphatic rings. The van der Waals surface area contributed by atoms with E-state index < -0.39 is 0 Å². The second-order valence-electron chi connectivity index (χ2n) is 4.95. The summed E-state index contributed by atoms with van der Waals surface area (Å²) in [5, 5.41) is 9.89. The van der Waals surface area contributed by atoms with Crippen LogP contribution in [0.25, 0.3) is 0 Å². The number of rotatable bonds is 10. The molecule has 0 bridgehead atoms. The van der Waals surface area contributed by atoms with Crippen molar-refractivity contribution in [1.82, 2.24) is 4.90 Å². The van der Waals surface area contributed by atoms with Gasteiger partial charge in [0.2, 0.25) is 0 Å². The highest BCUT2D eigenvalue weighted by Gasteiger charge is 2.26. The zero-order valence-corrected chi connectivity index (χ0v) is 11.9. The molecule has 0 spiro atoms. The molecule has 1 aliphatic carbocycles. The fourth-order valence-corrected chi connectivity index (χ4v) is 2.53. The topological polar surface area (TPSA) is 41.9 Å². The van der Waals surface area contributed by atoms with E-state index in [2.05, 4.69) is 4.90 Å². The van der Waals surface area contributed by atoms with Gasteiger partial charge in [-0.05, 0) is 32.6 Å². The Morgan fingerprint density at radius 3 is 2.11 bits per heavy atom. The zero-order chi connectivity index (χ0) is 13.2. The van der Waals surface area contributed by atoms with Crippen molar-refractivity contribution in [3.63, 3.8) is 0 Å². The van der Waals surface area contributed by atoms with E-state index in [0.29, 0.717) is 5.92 Å². The van der Waals surface area contributed by atoms with E-state index in [1.54, 1.807) is 0 Å². The van der Waals surface area contributed by atoms with Gasteiger partial charge in [0.1, 0.15) is 0 Å². The Morgan fingerprint density at radius 2 is 1.67 bits per heavy atom. The van der Waals surface area contributed by atoms with E-state index >= 15 is 0 Å². The maximum atomic E-state index is 9.89. The first-order valence-corrected chi connectivity index (χ1v) is 7.33. The second-order valence-corrected chi connectivity index (χ2v) is 4.95. The van der Waals surface area contributed by atoms with Gasteiger partial charge >= 0.3 is 0 Å². The van der Waals surface area contributed by atoms with E-state index in [4.69, 9.17) is 9.47 Å². The van der Waals surface area contributed by atoms with Crippen molar-refractivity contribution in [3.05, 3.63) is 0 Å². The number of aliphatic hydroxyl groups excluding tert-OH is 1. The van der Waals surface area contributed by atoms with Crippen molar-refractivity contribution in [2.75, 3.05) is 46.1 Å². The van der Waals surface area contributed by atoms with E-state index in [0.717, 1.165) is 65.3 Å². The average molecular weight is 259 g/mol. The minimum Gasteiger partial charge on any atom is -0.393 e. The molecule has 0 aromatic rings. The molecule has 0 aromatic carbocycles. The number of nitrogens with zero attached hydrogens (tertiary/aromatic N) is 1. The molecule has 18 heavy (non-hydrogen) atoms. The smallest absolute Gasteiger partial charge is 0.0593 e. The predicted octanol–water partition coefficient (Wildman–Crippen LogP) is 1.52. The van der Waals surface area contributed by atoms with Crippen molar-refractivity contribution in [2.45, 2.75) is 39.2 Å². The molecule has 0 radical (unpaired) electrons. The quantitative estimate of drug-likeness (QED) is 0.604. The number of hydrogen-bond donors (Lipinski definition) is 1. The Labute approximate surface area is 111 Å². The van der Waals surface area contributed by atoms with Crippen LogP contribution in [0.4, 0.5) is 0 Å². The van der Waals surface area contributed by atoms with Gasteiger partial charge in [-0.3, -0.25) is 4.90 Å². The Bertz CT molecular complexity index is 191. The van der Waals surface area contributed by atoms with E-state index in [1.807, 2.05) is 13.8 Å². The van der Waals surface area contributed by atoms with E-state index in [-0.39, 0.29) is 6.10 Å². The van der Waals surface area contributed by atoms with Crippen LogP contribution in [-0.4, -0.2) is 62.2 Å². The SMILES string of the molecule is CCOCCN(CCOCC)CC1CCCC1O. The fraction of sp³-hybridized carbons (Fsp3) is 1.00. The largest absolute Gasteiger partial charge is 0.393 e. The van der Waals surface area contributed by atoms with Crippen LogP contribution in [0, 0.1) is 5.92 Å². The van der Waals surface area contributed by atoms with Crippen molar-refractivity contribution < 1.29 is 14.6 Å². The minimum absolute atomic E-state index is 0.105. The maximum absolute atomic E-state index is 9.89. The Hall–Kier alpha value is -0.160. The summed E-state index contributed by atoms with van der Waals surface area (Å²) in [6.07, 6.45) is 3.18. The average Bonchev–Trinajstić information content (AvgIpc) is 2.75. The van der Waals surface area contributed by atoms with Crippen molar-refractivity contribution in [3.8, 4) is 0 Å². The second kappa shape index (κ2) is 9.73. The van der Waals surface area contributed by atoms with E-state index in [1.165, 1.54) is 0 Å². The van der Waals surface area contributed by atoms with Gasteiger partial charge in [-0.25, -0.2) is 0 Å². The molecule has 1 fully saturated rings. The highest BCUT2D eigenvalue weighted by atomic mass is 16.5. The molecule has 108 valence electrons. The van der Waals surface area contributed by atoms with Gasteiger partial charge in [0.05, 0.1) is 19.3 Å². The third kappa shape index (κ3) is 6.14. The monoisotopic (exact) mass is 259 g/mol. The van der Waals surface area contributed by atoms with Crippen LogP contribution in [0.1, 0.15) is 33.1 Å². The molecule has 1 N–H and O–H groups in total. The lowest BCUT2D eigenvalue weighted by Crippen LogP contribution is -2.37. The molecule has 0 saturated heterocycles. The molecule has 1 saturated carbocycles. The molecule has 0 aromatic heterocycles. The first-order chi connectivity index (χ1) is 8.77. The number of ether oxygens (including phenoxy) is 2. The standard InChI is InChI=1S/C14H29NO3/c1-3-17-10-8-15(9-11-18-4-2)12-13-6-5-7-14(13)16/h13-14,16H,3-12H2,1-2H3. The molecule has 0 aliphatic heterocycles. The normalized spacial score (nSPS) is 24.0. The van der Waals surface area contributed by atoms with Gasteiger partial charge in [-0.2, -0.15) is 0 Å². The summed E-state index contributed by atoms with van der Waals surface area (Å²) >= 11 is 0. The van der Waals surface area contributed by atoms with E-state index in [9.17, 15) is 5.11 Å². The van der Waals surface area contributed by atoms with Crippen LogP contribution in [0.2, 0.25) is 0 Å². The van der Waals surface area contributed by atoms with Gasteiger partial charge in [0.25, 0.3) is 0 Å². The first kappa shape index (κ1) is 15.9. The Kier molecular flexibility index (Phi) is 8.59. The number of aliphatic hydroxyl groups is 1. The summed E-state index contributed by atoms with van der Waals surface area (Å²) in [6.45, 7) is 9.96. The maximum Gasteiger partial charge on any atom is 0.0593 e. The van der Waals surface area contributed by atoms with Gasteiger partial charge in [-0.15, -0.1) is 0 Å². The minimum atomic E-state index is -0.105. The van der Waals surface area contributed by atoms with Crippen molar-refractivity contribution in [1.29, 1.82) is 0 Å². The molecule has 1 rings (SSSR count). The van der Waals surface area contributed by atoms with Crippen LogP contribution < -0.4 is 0 Å². The van der Waals surface area contributed by atoms with Crippen LogP contribution >= 0.6 is 0 Å². The molecular formula is C14H29NO3. The van der Waals surface area contributed by atoms with Crippen LogP contribution in [-0.2, 0) is 9.47 Å². The third-order valence-corrected chi connectivity index (χ3v) is 3.62. The molecule has 0 amide bonds. The van der Waals surface area contributed by atoms with Gasteiger partial charge in [0.15, 0.2) is 0 Å². The zero-order valence-electron chi connectivity index (χ0n) is 11.9. The summed E-state index contributed by atoms with van der Waals surface area (Å²) in [6, 6.07) is 0. The summed E-state index contributed by atoms with van der Waals surface area (Å²) < 4.78 is 10.8. The fourth-order valence-electron chi connectivity index (χ4n) is 2.53. The van der Waals surface area contributed by atoms with Gasteiger partial charge < -0.3 is 14.6 Å². The first-order valence-electron chi connectivity index (χ1n) is 7.33. The van der Waals surface area contributed by atoms with Crippen molar-refractivity contribution in [2.24, 2.45) is 5.92 Å². The summed E-state index contributed by atoms with van der Waals surface area (Å²) in [7, 11) is 0. The molecule has 4 nitrogen and oxygen atoms in total. The van der Waals surface area contributed by atoms with Crippen LogP contribution in [0.3, 0.4) is 0 Å². The predicted molar refractivity (Wildman–Crippen MR) is 72.8 cm³/mol. The number of hydrogen-bond acceptors (Lipinski definition) is 4. The Morgan fingerprint density at radius 1 is 1.06 bits per heavy atom.